The van der Waals surface area contributed by atoms with Crippen LogP contribution in [0, 0.1) is 0 Å². The number of fused-ring (bicyclic) bond motifs is 3. The molecule has 0 atom stereocenters. The summed E-state index contributed by atoms with van der Waals surface area (Å²) < 4.78 is 10.9. The van der Waals surface area contributed by atoms with Crippen molar-refractivity contribution in [2.45, 2.75) is 32.2 Å². The van der Waals surface area contributed by atoms with Crippen LogP contribution in [-0.4, -0.2) is 47.2 Å². The highest BCUT2D eigenvalue weighted by atomic mass is 16.5. The lowest BCUT2D eigenvalue weighted by Gasteiger charge is -2.25. The Morgan fingerprint density at radius 3 is 2.24 bits per heavy atom. The minimum Gasteiger partial charge on any atom is -0.481 e. The number of furan rings is 1. The third-order valence-electron chi connectivity index (χ3n) is 5.89. The van der Waals surface area contributed by atoms with Crippen LogP contribution in [0.5, 0.6) is 0 Å². The first-order valence-electron chi connectivity index (χ1n) is 11.1. The average Bonchev–Trinajstić information content (AvgIpc) is 3.39. The molecule has 1 heterocycles. The number of carbonyl (C=O) groups is 3. The number of carboxylic acid groups (broad SMARTS) is 1. The number of anilines is 1. The second-order valence-electron chi connectivity index (χ2n) is 8.35. The Hall–Kier alpha value is -4.07. The molecule has 0 radical (unpaired) electrons. The van der Waals surface area contributed by atoms with Crippen LogP contribution in [-0.2, 0) is 9.53 Å². The first kappa shape index (κ1) is 23.1. The van der Waals surface area contributed by atoms with E-state index in [2.05, 4.69) is 17.4 Å². The summed E-state index contributed by atoms with van der Waals surface area (Å²) in [4.78, 5) is 37.9. The number of nitrogens with one attached hydrogen (secondary N) is 1. The van der Waals surface area contributed by atoms with Crippen molar-refractivity contribution < 1.29 is 28.6 Å². The second kappa shape index (κ2) is 9.82. The third-order valence-corrected chi connectivity index (χ3v) is 5.89. The molecule has 0 aliphatic heterocycles. The lowest BCUT2D eigenvalue weighted by atomic mass is 9.98. The zero-order chi connectivity index (χ0) is 24.2. The molecule has 0 unspecified atom stereocenters. The first-order chi connectivity index (χ1) is 16.4. The summed E-state index contributed by atoms with van der Waals surface area (Å²) in [6, 6.07) is 17.3. The van der Waals surface area contributed by atoms with E-state index in [0.717, 1.165) is 22.3 Å². The van der Waals surface area contributed by atoms with Crippen LogP contribution in [0.15, 0.2) is 65.3 Å². The number of rotatable bonds is 8. The Kier molecular flexibility index (Phi) is 6.67. The summed E-state index contributed by atoms with van der Waals surface area (Å²) in [6.45, 7) is 3.72. The molecule has 2 amide bonds. The van der Waals surface area contributed by atoms with Crippen LogP contribution in [0.4, 0.5) is 10.5 Å². The largest absolute Gasteiger partial charge is 0.481 e. The van der Waals surface area contributed by atoms with E-state index < -0.39 is 18.0 Å². The maximum Gasteiger partial charge on any atom is 0.411 e. The highest BCUT2D eigenvalue weighted by molar-refractivity contribution is 6.00. The number of aliphatic carboxylic acids is 1. The van der Waals surface area contributed by atoms with Crippen molar-refractivity contribution in [1.82, 2.24) is 4.90 Å². The van der Waals surface area contributed by atoms with E-state index in [4.69, 9.17) is 14.3 Å². The number of benzene rings is 2. The summed E-state index contributed by atoms with van der Waals surface area (Å²) in [6.07, 6.45) is 0.390. The van der Waals surface area contributed by atoms with Gasteiger partial charge in [-0.3, -0.25) is 14.9 Å². The maximum absolute atomic E-state index is 13.0. The Bertz CT molecular complexity index is 1170. The normalized spacial score (nSPS) is 12.2. The Morgan fingerprint density at radius 2 is 1.65 bits per heavy atom. The molecule has 1 aliphatic carbocycles. The molecule has 4 rings (SSSR count). The monoisotopic (exact) mass is 462 g/mol. The van der Waals surface area contributed by atoms with Crippen LogP contribution < -0.4 is 5.32 Å². The van der Waals surface area contributed by atoms with Crippen LogP contribution in [0.3, 0.4) is 0 Å². The number of hydrogen-bond acceptors (Lipinski definition) is 5. The molecular formula is C26H26N2O6. The topological polar surface area (TPSA) is 109 Å². The van der Waals surface area contributed by atoms with Gasteiger partial charge in [-0.05, 0) is 36.1 Å². The number of nitrogens with zero attached hydrogens (tertiary/aromatic N) is 1. The van der Waals surface area contributed by atoms with E-state index in [9.17, 15) is 14.4 Å². The molecule has 8 nitrogen and oxygen atoms in total. The van der Waals surface area contributed by atoms with Crippen molar-refractivity contribution in [3.05, 3.63) is 77.7 Å². The van der Waals surface area contributed by atoms with Crippen LogP contribution in [0.2, 0.25) is 0 Å². The van der Waals surface area contributed by atoms with Gasteiger partial charge in [-0.2, -0.15) is 0 Å². The van der Waals surface area contributed by atoms with Gasteiger partial charge in [0.1, 0.15) is 6.61 Å². The molecule has 176 valence electrons. The van der Waals surface area contributed by atoms with E-state index in [-0.39, 0.29) is 43.0 Å². The summed E-state index contributed by atoms with van der Waals surface area (Å²) >= 11 is 0. The molecule has 0 fully saturated rings. The molecule has 0 saturated carbocycles. The molecule has 3 aromatic rings. The molecule has 8 heteroatoms. The lowest BCUT2D eigenvalue weighted by Crippen LogP contribution is -2.38. The number of ether oxygens (including phenoxy) is 1. The van der Waals surface area contributed by atoms with Crippen molar-refractivity contribution in [3.63, 3.8) is 0 Å². The Morgan fingerprint density at radius 1 is 1.03 bits per heavy atom. The van der Waals surface area contributed by atoms with Crippen LogP contribution in [0.25, 0.3) is 11.1 Å². The predicted molar refractivity (Wildman–Crippen MR) is 126 cm³/mol. The van der Waals surface area contributed by atoms with E-state index >= 15 is 0 Å². The minimum atomic E-state index is -1.00. The van der Waals surface area contributed by atoms with Gasteiger partial charge in [0, 0.05) is 24.6 Å². The summed E-state index contributed by atoms with van der Waals surface area (Å²) in [7, 11) is 0. The number of amides is 2. The van der Waals surface area contributed by atoms with Gasteiger partial charge in [0.25, 0.3) is 5.91 Å². The highest BCUT2D eigenvalue weighted by Gasteiger charge is 2.30. The number of hydrogen-bond donors (Lipinski definition) is 2. The van der Waals surface area contributed by atoms with Crippen LogP contribution in [0.1, 0.15) is 47.9 Å². The molecule has 0 bridgehead atoms. The Labute approximate surface area is 197 Å². The summed E-state index contributed by atoms with van der Waals surface area (Å²) in [5.74, 6) is -1.67. The maximum atomic E-state index is 13.0. The van der Waals surface area contributed by atoms with Crippen LogP contribution >= 0.6 is 0 Å². The summed E-state index contributed by atoms with van der Waals surface area (Å²) in [5.41, 5.74) is 4.63. The molecule has 2 aromatic carbocycles. The van der Waals surface area contributed by atoms with E-state index in [1.807, 2.05) is 36.4 Å². The van der Waals surface area contributed by atoms with Crippen molar-refractivity contribution in [2.75, 3.05) is 18.5 Å². The minimum absolute atomic E-state index is 0.0247. The second-order valence-corrected chi connectivity index (χ2v) is 8.35. The molecule has 0 spiro atoms. The number of carboxylic acids is 1. The van der Waals surface area contributed by atoms with Gasteiger partial charge >= 0.3 is 12.1 Å². The van der Waals surface area contributed by atoms with Gasteiger partial charge in [-0.1, -0.05) is 48.5 Å². The lowest BCUT2D eigenvalue weighted by molar-refractivity contribution is -0.137. The van der Waals surface area contributed by atoms with E-state index in [0.29, 0.717) is 0 Å². The van der Waals surface area contributed by atoms with Gasteiger partial charge in [-0.25, -0.2) is 4.79 Å². The van der Waals surface area contributed by atoms with Gasteiger partial charge in [0.05, 0.1) is 18.4 Å². The van der Waals surface area contributed by atoms with Gasteiger partial charge < -0.3 is 19.2 Å². The fraction of sp³-hybridized carbons (Fsp3) is 0.269. The number of carbonyl (C=O) groups excluding carboxylic acids is 2. The fourth-order valence-corrected chi connectivity index (χ4v) is 4.26. The van der Waals surface area contributed by atoms with Gasteiger partial charge in [0.15, 0.2) is 0 Å². The molecule has 34 heavy (non-hydrogen) atoms. The zero-order valence-electron chi connectivity index (χ0n) is 19.0. The van der Waals surface area contributed by atoms with Crippen molar-refractivity contribution >= 4 is 23.7 Å². The quantitative estimate of drug-likeness (QED) is 0.489. The third kappa shape index (κ3) is 4.66. The van der Waals surface area contributed by atoms with Crippen molar-refractivity contribution in [1.29, 1.82) is 0 Å². The standard InChI is InChI=1S/C26H26N2O6/c1-16(2)28(13-11-23(29)30)25(31)24-22(12-14-33-24)27-26(32)34-15-21-19-9-5-3-7-17(19)18-8-4-6-10-20(18)21/h3-10,12,14,16,21H,11,13,15H2,1-2H3,(H,27,32)(H,29,30). The van der Waals surface area contributed by atoms with Gasteiger partial charge in [0.2, 0.25) is 5.76 Å². The van der Waals surface area contributed by atoms with E-state index in [1.54, 1.807) is 13.8 Å². The van der Waals surface area contributed by atoms with Crippen molar-refractivity contribution in [3.8, 4) is 11.1 Å². The average molecular weight is 463 g/mol. The highest BCUT2D eigenvalue weighted by Crippen LogP contribution is 2.44. The van der Waals surface area contributed by atoms with Crippen molar-refractivity contribution in [2.24, 2.45) is 0 Å². The summed E-state index contributed by atoms with van der Waals surface area (Å²) in [5, 5.41) is 11.5. The Balaban J connectivity index is 1.44. The molecule has 0 saturated heterocycles. The zero-order valence-corrected chi connectivity index (χ0v) is 19.0. The first-order valence-corrected chi connectivity index (χ1v) is 11.1. The smallest absolute Gasteiger partial charge is 0.411 e. The van der Waals surface area contributed by atoms with E-state index in [1.165, 1.54) is 17.2 Å². The fourth-order valence-electron chi connectivity index (χ4n) is 4.26. The predicted octanol–water partition coefficient (Wildman–Crippen LogP) is 4.97. The SMILES string of the molecule is CC(C)N(CCC(=O)O)C(=O)c1occc1NC(=O)OCC1c2ccccc2-c2ccccc21. The van der Waals surface area contributed by atoms with Gasteiger partial charge in [-0.15, -0.1) is 0 Å². The molecule has 1 aromatic heterocycles. The molecule has 2 N–H and O–H groups in total. The molecular weight excluding hydrogens is 436 g/mol. The molecule has 1 aliphatic rings.